The van der Waals surface area contributed by atoms with Gasteiger partial charge in [0.15, 0.2) is 0 Å². The van der Waals surface area contributed by atoms with E-state index in [4.69, 9.17) is 0 Å². The van der Waals surface area contributed by atoms with Crippen LogP contribution in [0.1, 0.15) is 25.7 Å². The number of likely N-dealkylation sites (tertiary alicyclic amines) is 1. The Morgan fingerprint density at radius 3 is 2.24 bits per heavy atom. The van der Waals surface area contributed by atoms with Gasteiger partial charge in [0.25, 0.3) is 0 Å². The van der Waals surface area contributed by atoms with E-state index in [0.717, 1.165) is 0 Å². The number of allylic oxidation sites excluding steroid dienone is 2. The molecule has 2 atom stereocenters. The molecular formula is C12H14NO4-. The normalized spacial score (nSPS) is 27.4. The van der Waals surface area contributed by atoms with Crippen LogP contribution in [0, 0.1) is 11.8 Å². The molecule has 5 nitrogen and oxygen atoms in total. The Hall–Kier alpha value is -1.65. The summed E-state index contributed by atoms with van der Waals surface area (Å²) in [5.41, 5.74) is 0. The molecular weight excluding hydrogens is 222 g/mol. The number of aliphatic carboxylic acids is 1. The summed E-state index contributed by atoms with van der Waals surface area (Å²) in [5, 5.41) is 10.3. The van der Waals surface area contributed by atoms with Crippen LogP contribution < -0.4 is 5.11 Å². The molecule has 2 rings (SSSR count). The zero-order chi connectivity index (χ0) is 12.4. The van der Waals surface area contributed by atoms with E-state index in [2.05, 4.69) is 0 Å². The van der Waals surface area contributed by atoms with Gasteiger partial charge >= 0.3 is 0 Å². The molecule has 0 aromatic rings. The number of fused-ring (bicyclic) bond motifs is 1. The van der Waals surface area contributed by atoms with E-state index < -0.39 is 5.97 Å². The monoisotopic (exact) mass is 236 g/mol. The van der Waals surface area contributed by atoms with E-state index in [0.29, 0.717) is 12.8 Å². The third kappa shape index (κ3) is 2.23. The van der Waals surface area contributed by atoms with Crippen molar-refractivity contribution in [1.29, 1.82) is 0 Å². The van der Waals surface area contributed by atoms with Crippen molar-refractivity contribution >= 4 is 17.8 Å². The number of amides is 2. The van der Waals surface area contributed by atoms with Gasteiger partial charge in [-0.3, -0.25) is 14.5 Å². The maximum absolute atomic E-state index is 11.9. The largest absolute Gasteiger partial charge is 0.550 e. The Kier molecular flexibility index (Phi) is 3.26. The molecule has 0 saturated carbocycles. The van der Waals surface area contributed by atoms with Gasteiger partial charge in [-0.25, -0.2) is 0 Å². The summed E-state index contributed by atoms with van der Waals surface area (Å²) in [4.78, 5) is 35.4. The van der Waals surface area contributed by atoms with Crippen molar-refractivity contribution in [3.63, 3.8) is 0 Å². The van der Waals surface area contributed by atoms with Gasteiger partial charge < -0.3 is 9.90 Å². The van der Waals surface area contributed by atoms with E-state index in [1.165, 1.54) is 4.90 Å². The fraction of sp³-hybridized carbons (Fsp3) is 0.583. The molecule has 1 aliphatic carbocycles. The maximum atomic E-state index is 11.9. The van der Waals surface area contributed by atoms with Crippen LogP contribution in [0.5, 0.6) is 0 Å². The van der Waals surface area contributed by atoms with Gasteiger partial charge in [-0.2, -0.15) is 0 Å². The summed E-state index contributed by atoms with van der Waals surface area (Å²) in [6.07, 6.45) is 5.24. The second kappa shape index (κ2) is 4.69. The number of rotatable bonds is 4. The number of hydrogen-bond donors (Lipinski definition) is 0. The maximum Gasteiger partial charge on any atom is 0.233 e. The second-order valence-electron chi connectivity index (χ2n) is 4.46. The topological polar surface area (TPSA) is 77.5 Å². The predicted molar refractivity (Wildman–Crippen MR) is 56.3 cm³/mol. The first kappa shape index (κ1) is 11.8. The molecule has 0 spiro atoms. The molecule has 1 fully saturated rings. The van der Waals surface area contributed by atoms with Crippen molar-refractivity contribution in [3.05, 3.63) is 12.2 Å². The first-order chi connectivity index (χ1) is 8.11. The Morgan fingerprint density at radius 2 is 1.76 bits per heavy atom. The Morgan fingerprint density at radius 1 is 1.24 bits per heavy atom. The summed E-state index contributed by atoms with van der Waals surface area (Å²) >= 11 is 0. The van der Waals surface area contributed by atoms with E-state index in [-0.39, 0.29) is 43.0 Å². The van der Waals surface area contributed by atoms with Crippen LogP contribution in [-0.2, 0) is 14.4 Å². The highest BCUT2D eigenvalue weighted by molar-refractivity contribution is 6.05. The lowest BCUT2D eigenvalue weighted by molar-refractivity contribution is -0.305. The molecule has 0 unspecified atom stereocenters. The van der Waals surface area contributed by atoms with Crippen molar-refractivity contribution in [1.82, 2.24) is 4.90 Å². The number of imide groups is 1. The lowest BCUT2D eigenvalue weighted by Crippen LogP contribution is -2.33. The average Bonchev–Trinajstić information content (AvgIpc) is 2.54. The van der Waals surface area contributed by atoms with Crippen LogP contribution in [0.25, 0.3) is 0 Å². The van der Waals surface area contributed by atoms with Crippen LogP contribution in [-0.4, -0.2) is 29.2 Å². The quantitative estimate of drug-likeness (QED) is 0.485. The number of carbonyl (C=O) groups is 3. The zero-order valence-electron chi connectivity index (χ0n) is 9.43. The smallest absolute Gasteiger partial charge is 0.233 e. The summed E-state index contributed by atoms with van der Waals surface area (Å²) in [5.74, 6) is -1.90. The third-order valence-corrected chi connectivity index (χ3v) is 3.36. The van der Waals surface area contributed by atoms with Gasteiger partial charge in [-0.05, 0) is 25.7 Å². The summed E-state index contributed by atoms with van der Waals surface area (Å²) in [6.45, 7) is 0.193. The van der Waals surface area contributed by atoms with Gasteiger partial charge in [0, 0.05) is 12.5 Å². The third-order valence-electron chi connectivity index (χ3n) is 3.36. The fourth-order valence-electron chi connectivity index (χ4n) is 2.47. The summed E-state index contributed by atoms with van der Waals surface area (Å²) in [6, 6.07) is 0. The van der Waals surface area contributed by atoms with Crippen molar-refractivity contribution in [3.8, 4) is 0 Å². The highest BCUT2D eigenvalue weighted by Crippen LogP contribution is 2.34. The van der Waals surface area contributed by atoms with Crippen molar-refractivity contribution in [2.75, 3.05) is 6.54 Å². The summed E-state index contributed by atoms with van der Waals surface area (Å²) in [7, 11) is 0. The first-order valence-corrected chi connectivity index (χ1v) is 5.81. The number of nitrogens with zero attached hydrogens (tertiary/aromatic N) is 1. The van der Waals surface area contributed by atoms with Crippen LogP contribution in [0.15, 0.2) is 12.2 Å². The first-order valence-electron chi connectivity index (χ1n) is 5.81. The minimum Gasteiger partial charge on any atom is -0.550 e. The molecule has 1 aliphatic heterocycles. The molecule has 17 heavy (non-hydrogen) atoms. The van der Waals surface area contributed by atoms with E-state index in [9.17, 15) is 19.5 Å². The molecule has 1 heterocycles. The molecule has 0 radical (unpaired) electrons. The lowest BCUT2D eigenvalue weighted by Gasteiger charge is -2.14. The van der Waals surface area contributed by atoms with Gasteiger partial charge in [0.05, 0.1) is 11.8 Å². The van der Waals surface area contributed by atoms with Gasteiger partial charge in [-0.15, -0.1) is 0 Å². The molecule has 5 heteroatoms. The number of hydrogen-bond acceptors (Lipinski definition) is 4. The van der Waals surface area contributed by atoms with Crippen LogP contribution in [0.2, 0.25) is 0 Å². The molecule has 92 valence electrons. The Balaban J connectivity index is 1.98. The number of carboxylic acid groups (broad SMARTS) is 1. The van der Waals surface area contributed by atoms with Crippen molar-refractivity contribution in [2.24, 2.45) is 11.8 Å². The van der Waals surface area contributed by atoms with Crippen LogP contribution in [0.3, 0.4) is 0 Å². The highest BCUT2D eigenvalue weighted by Gasteiger charge is 2.46. The molecule has 2 aliphatic rings. The van der Waals surface area contributed by atoms with E-state index >= 15 is 0 Å². The van der Waals surface area contributed by atoms with Gasteiger partial charge in [0.1, 0.15) is 0 Å². The highest BCUT2D eigenvalue weighted by atomic mass is 16.4. The number of carboxylic acids is 1. The standard InChI is InChI=1S/C12H15NO4/c14-10(15)6-3-7-13-11(16)8-4-1-2-5-9(8)12(13)17/h1-2,8-9H,3-7H2,(H,14,15)/p-1/t8-,9+. The minimum absolute atomic E-state index is 0.120. The SMILES string of the molecule is O=C([O-])CCCN1C(=O)[C@H]2CC=CC[C@H]2C1=O. The second-order valence-corrected chi connectivity index (χ2v) is 4.46. The van der Waals surface area contributed by atoms with Gasteiger partial charge in [0.2, 0.25) is 11.8 Å². The molecule has 1 saturated heterocycles. The lowest BCUT2D eigenvalue weighted by atomic mass is 9.85. The molecule has 0 bridgehead atoms. The van der Waals surface area contributed by atoms with Crippen molar-refractivity contribution in [2.45, 2.75) is 25.7 Å². The number of carbonyl (C=O) groups excluding carboxylic acids is 3. The molecule has 0 N–H and O–H groups in total. The Labute approximate surface area is 99.1 Å². The summed E-state index contributed by atoms with van der Waals surface area (Å²) < 4.78 is 0. The fourth-order valence-corrected chi connectivity index (χ4v) is 2.47. The van der Waals surface area contributed by atoms with Crippen LogP contribution in [0.4, 0.5) is 0 Å². The average molecular weight is 236 g/mol. The zero-order valence-corrected chi connectivity index (χ0v) is 9.43. The van der Waals surface area contributed by atoms with Crippen LogP contribution >= 0.6 is 0 Å². The molecule has 0 aromatic heterocycles. The minimum atomic E-state index is -1.15. The van der Waals surface area contributed by atoms with Gasteiger partial charge in [-0.1, -0.05) is 12.2 Å². The predicted octanol–water partition coefficient (Wildman–Crippen LogP) is -0.532. The molecule has 0 aromatic carbocycles. The van der Waals surface area contributed by atoms with Crippen molar-refractivity contribution < 1.29 is 19.5 Å². The molecule has 2 amide bonds. The Bertz CT molecular complexity index is 362. The van der Waals surface area contributed by atoms with E-state index in [1.807, 2.05) is 12.2 Å². The van der Waals surface area contributed by atoms with E-state index in [1.54, 1.807) is 0 Å².